The lowest BCUT2D eigenvalue weighted by molar-refractivity contribution is 0.184. The van der Waals surface area contributed by atoms with E-state index in [2.05, 4.69) is 42.1 Å². The molecule has 130 valence electrons. The van der Waals surface area contributed by atoms with Crippen molar-refractivity contribution in [2.45, 2.75) is 39.7 Å². The fraction of sp³-hybridized carbons (Fsp3) is 0.474. The van der Waals surface area contributed by atoms with Crippen molar-refractivity contribution in [1.29, 1.82) is 0 Å². The summed E-state index contributed by atoms with van der Waals surface area (Å²) >= 11 is 0. The third kappa shape index (κ3) is 4.23. The molecule has 0 aliphatic rings. The first-order chi connectivity index (χ1) is 11.6. The number of nitrogens with one attached hydrogen (secondary N) is 1. The molecule has 0 spiro atoms. The summed E-state index contributed by atoms with van der Waals surface area (Å²) in [7, 11) is 3.36. The minimum Gasteiger partial charge on any atom is -0.481 e. The minimum absolute atomic E-state index is 0.288. The average molecular weight is 329 g/mol. The van der Waals surface area contributed by atoms with Crippen molar-refractivity contribution < 1.29 is 9.47 Å². The molecule has 0 aliphatic heterocycles. The average Bonchev–Trinajstić information content (AvgIpc) is 2.61. The molecule has 0 unspecified atom stereocenters. The zero-order valence-corrected chi connectivity index (χ0v) is 15.2. The van der Waals surface area contributed by atoms with Crippen LogP contribution in [0.3, 0.4) is 0 Å². The lowest BCUT2D eigenvalue weighted by atomic mass is 10.0. The predicted molar refractivity (Wildman–Crippen MR) is 97.7 cm³/mol. The van der Waals surface area contributed by atoms with Crippen molar-refractivity contribution in [3.63, 3.8) is 0 Å². The summed E-state index contributed by atoms with van der Waals surface area (Å²) in [4.78, 5) is 9.22. The molecular formula is C19H27N3O2. The summed E-state index contributed by atoms with van der Waals surface area (Å²) in [5.74, 6) is 0.636. The van der Waals surface area contributed by atoms with E-state index < -0.39 is 0 Å². The number of pyridine rings is 2. The van der Waals surface area contributed by atoms with Crippen LogP contribution in [-0.4, -0.2) is 36.8 Å². The molecule has 1 atom stereocenters. The van der Waals surface area contributed by atoms with Gasteiger partial charge in [-0.15, -0.1) is 0 Å². The van der Waals surface area contributed by atoms with Crippen LogP contribution >= 0.6 is 0 Å². The van der Waals surface area contributed by atoms with E-state index in [1.165, 1.54) is 0 Å². The maximum atomic E-state index is 5.24. The second kappa shape index (κ2) is 8.64. The first-order valence-corrected chi connectivity index (χ1v) is 8.39. The summed E-state index contributed by atoms with van der Waals surface area (Å²) in [6, 6.07) is 6.33. The highest BCUT2D eigenvalue weighted by Gasteiger charge is 2.12. The fourth-order valence-electron chi connectivity index (χ4n) is 2.71. The molecule has 0 bridgehead atoms. The quantitative estimate of drug-likeness (QED) is 0.797. The Morgan fingerprint density at radius 2 is 2.00 bits per heavy atom. The molecule has 0 aromatic carbocycles. The van der Waals surface area contributed by atoms with Gasteiger partial charge in [-0.3, -0.25) is 4.98 Å². The lowest BCUT2D eigenvalue weighted by Gasteiger charge is -2.18. The summed E-state index contributed by atoms with van der Waals surface area (Å²) in [5.41, 5.74) is 5.16. The first kappa shape index (κ1) is 18.2. The van der Waals surface area contributed by atoms with E-state index in [0.717, 1.165) is 41.0 Å². The Bertz CT molecular complexity index is 674. The Kier molecular flexibility index (Phi) is 6.55. The number of aryl methyl sites for hydroxylation is 2. The van der Waals surface area contributed by atoms with Crippen molar-refractivity contribution in [3.05, 3.63) is 35.7 Å². The van der Waals surface area contributed by atoms with Crippen LogP contribution < -0.4 is 10.1 Å². The topological polar surface area (TPSA) is 56.3 Å². The van der Waals surface area contributed by atoms with Crippen molar-refractivity contribution in [2.75, 3.05) is 26.1 Å². The number of ether oxygens (including phenoxy) is 2. The van der Waals surface area contributed by atoms with Gasteiger partial charge in [0.15, 0.2) is 0 Å². The summed E-state index contributed by atoms with van der Waals surface area (Å²) < 4.78 is 10.5. The molecule has 5 nitrogen and oxygen atoms in total. The molecule has 0 saturated carbocycles. The van der Waals surface area contributed by atoms with Crippen LogP contribution in [0.4, 0.5) is 5.69 Å². The van der Waals surface area contributed by atoms with E-state index in [9.17, 15) is 0 Å². The standard InChI is InChI=1S/C19H27N3O2/c1-6-14(12-23-4)21-15-10-13(3)19(20-11-15)16-8-9-18(24-5)22-17(16)7-2/h8-11,14,21H,6-7,12H2,1-5H3/t14-/m0/s1. The highest BCUT2D eigenvalue weighted by Crippen LogP contribution is 2.28. The third-order valence-corrected chi connectivity index (χ3v) is 4.06. The van der Waals surface area contributed by atoms with Crippen LogP contribution in [0.2, 0.25) is 0 Å². The number of anilines is 1. The van der Waals surface area contributed by atoms with Gasteiger partial charge in [-0.1, -0.05) is 13.8 Å². The van der Waals surface area contributed by atoms with Crippen LogP contribution in [0, 0.1) is 6.92 Å². The Morgan fingerprint density at radius 1 is 1.21 bits per heavy atom. The number of methoxy groups -OCH3 is 2. The monoisotopic (exact) mass is 329 g/mol. The second-order valence-electron chi connectivity index (χ2n) is 5.80. The van der Waals surface area contributed by atoms with Crippen LogP contribution in [0.25, 0.3) is 11.3 Å². The van der Waals surface area contributed by atoms with E-state index in [0.29, 0.717) is 12.5 Å². The largest absolute Gasteiger partial charge is 0.481 e. The van der Waals surface area contributed by atoms with Crippen LogP contribution in [0.1, 0.15) is 31.5 Å². The van der Waals surface area contributed by atoms with Gasteiger partial charge >= 0.3 is 0 Å². The zero-order chi connectivity index (χ0) is 17.5. The molecule has 0 aliphatic carbocycles. The fourth-order valence-corrected chi connectivity index (χ4v) is 2.71. The molecule has 0 radical (unpaired) electrons. The van der Waals surface area contributed by atoms with Crippen LogP contribution in [-0.2, 0) is 11.2 Å². The van der Waals surface area contributed by atoms with Gasteiger partial charge in [-0.05, 0) is 37.5 Å². The summed E-state index contributed by atoms with van der Waals surface area (Å²) in [5, 5.41) is 3.47. The molecular weight excluding hydrogens is 302 g/mol. The highest BCUT2D eigenvalue weighted by molar-refractivity contribution is 5.68. The van der Waals surface area contributed by atoms with Crippen molar-refractivity contribution in [1.82, 2.24) is 9.97 Å². The normalized spacial score (nSPS) is 12.0. The molecule has 2 aromatic rings. The Hall–Kier alpha value is -2.14. The highest BCUT2D eigenvalue weighted by atomic mass is 16.5. The van der Waals surface area contributed by atoms with Crippen molar-refractivity contribution in [2.24, 2.45) is 0 Å². The van der Waals surface area contributed by atoms with Crippen molar-refractivity contribution >= 4 is 5.69 Å². The molecule has 2 rings (SSSR count). The third-order valence-electron chi connectivity index (χ3n) is 4.06. The smallest absolute Gasteiger partial charge is 0.213 e. The van der Waals surface area contributed by atoms with Gasteiger partial charge in [-0.25, -0.2) is 4.98 Å². The van der Waals surface area contributed by atoms with E-state index in [4.69, 9.17) is 9.47 Å². The number of hydrogen-bond acceptors (Lipinski definition) is 5. The van der Waals surface area contributed by atoms with Gasteiger partial charge < -0.3 is 14.8 Å². The van der Waals surface area contributed by atoms with Gasteiger partial charge in [0.2, 0.25) is 5.88 Å². The van der Waals surface area contributed by atoms with E-state index in [1.54, 1.807) is 14.2 Å². The molecule has 0 amide bonds. The number of hydrogen-bond donors (Lipinski definition) is 1. The van der Waals surface area contributed by atoms with Gasteiger partial charge in [0.25, 0.3) is 0 Å². The van der Waals surface area contributed by atoms with E-state index in [-0.39, 0.29) is 6.04 Å². The Balaban J connectivity index is 2.30. The van der Waals surface area contributed by atoms with Gasteiger partial charge in [-0.2, -0.15) is 0 Å². The number of nitrogens with zero attached hydrogens (tertiary/aromatic N) is 2. The number of rotatable bonds is 8. The Labute approximate surface area is 144 Å². The zero-order valence-electron chi connectivity index (χ0n) is 15.2. The SMILES string of the molecule is CCc1nc(OC)ccc1-c1ncc(N[C@@H](CC)COC)cc1C. The summed E-state index contributed by atoms with van der Waals surface area (Å²) in [6.45, 7) is 6.99. The number of aromatic nitrogens is 2. The lowest BCUT2D eigenvalue weighted by Crippen LogP contribution is -2.24. The van der Waals surface area contributed by atoms with Gasteiger partial charge in [0, 0.05) is 24.8 Å². The molecule has 5 heteroatoms. The maximum absolute atomic E-state index is 5.24. The molecule has 2 heterocycles. The van der Waals surface area contributed by atoms with Gasteiger partial charge in [0.05, 0.1) is 37.0 Å². The van der Waals surface area contributed by atoms with Crippen molar-refractivity contribution in [3.8, 4) is 17.1 Å². The summed E-state index contributed by atoms with van der Waals surface area (Å²) in [6.07, 6.45) is 3.71. The van der Waals surface area contributed by atoms with Crippen LogP contribution in [0.5, 0.6) is 5.88 Å². The molecule has 24 heavy (non-hydrogen) atoms. The van der Waals surface area contributed by atoms with E-state index in [1.807, 2.05) is 18.3 Å². The Morgan fingerprint density at radius 3 is 2.58 bits per heavy atom. The van der Waals surface area contributed by atoms with Crippen LogP contribution in [0.15, 0.2) is 24.4 Å². The molecule has 0 saturated heterocycles. The predicted octanol–water partition coefficient (Wildman–Crippen LogP) is 3.86. The molecule has 2 aromatic heterocycles. The van der Waals surface area contributed by atoms with Gasteiger partial charge in [0.1, 0.15) is 0 Å². The molecule has 0 fully saturated rings. The first-order valence-electron chi connectivity index (χ1n) is 8.39. The second-order valence-corrected chi connectivity index (χ2v) is 5.80. The minimum atomic E-state index is 0.288. The molecule has 1 N–H and O–H groups in total. The maximum Gasteiger partial charge on any atom is 0.213 e. The van der Waals surface area contributed by atoms with E-state index >= 15 is 0 Å².